The number of para-hydroxylation sites is 1. The highest BCUT2D eigenvalue weighted by Gasteiger charge is 2.48. The van der Waals surface area contributed by atoms with Gasteiger partial charge in [0.05, 0.1) is 12.5 Å². The summed E-state index contributed by atoms with van der Waals surface area (Å²) in [6.45, 7) is 2.76. The molecule has 2 atom stereocenters. The van der Waals surface area contributed by atoms with Gasteiger partial charge >= 0.3 is 6.03 Å². The Morgan fingerprint density at radius 2 is 1.74 bits per heavy atom. The molecule has 2 aromatic carbocycles. The van der Waals surface area contributed by atoms with Gasteiger partial charge in [0.15, 0.2) is 0 Å². The lowest BCUT2D eigenvalue weighted by Crippen LogP contribution is -2.52. The van der Waals surface area contributed by atoms with Gasteiger partial charge in [0.2, 0.25) is 5.91 Å². The van der Waals surface area contributed by atoms with Crippen molar-refractivity contribution in [1.82, 2.24) is 20.7 Å². The van der Waals surface area contributed by atoms with Crippen LogP contribution in [0.4, 0.5) is 10.5 Å². The molecule has 184 valence electrons. The fourth-order valence-electron chi connectivity index (χ4n) is 4.54. The first kappa shape index (κ1) is 24.4. The van der Waals surface area contributed by atoms with Crippen molar-refractivity contribution in [1.29, 1.82) is 0 Å². The van der Waals surface area contributed by atoms with Crippen LogP contribution in [0.15, 0.2) is 60.7 Å². The highest BCUT2D eigenvalue weighted by molar-refractivity contribution is 6.07. The van der Waals surface area contributed by atoms with E-state index in [1.165, 1.54) is 0 Å². The number of imide groups is 1. The Morgan fingerprint density at radius 3 is 2.46 bits per heavy atom. The zero-order valence-corrected chi connectivity index (χ0v) is 19.8. The SMILES string of the molecule is CC1(CCc2ccccc2)NC(=O)N(NC(=O)CN2CCCC(C(=O)Nc3ccccc3)C2)C1=O. The summed E-state index contributed by atoms with van der Waals surface area (Å²) in [5.74, 6) is -1.27. The molecule has 2 unspecified atom stereocenters. The van der Waals surface area contributed by atoms with E-state index in [0.717, 1.165) is 29.1 Å². The zero-order chi connectivity index (χ0) is 24.8. The van der Waals surface area contributed by atoms with Crippen LogP contribution in [0.2, 0.25) is 0 Å². The number of nitrogens with zero attached hydrogens (tertiary/aromatic N) is 2. The topological polar surface area (TPSA) is 111 Å². The van der Waals surface area contributed by atoms with Gasteiger partial charge in [-0.3, -0.25) is 24.7 Å². The van der Waals surface area contributed by atoms with Crippen molar-refractivity contribution in [3.05, 3.63) is 66.2 Å². The first-order valence-corrected chi connectivity index (χ1v) is 11.9. The number of hydrogen-bond acceptors (Lipinski definition) is 5. The molecule has 0 aliphatic carbocycles. The van der Waals surface area contributed by atoms with Crippen molar-refractivity contribution in [2.24, 2.45) is 5.92 Å². The van der Waals surface area contributed by atoms with Crippen LogP contribution in [0.5, 0.6) is 0 Å². The van der Waals surface area contributed by atoms with Crippen molar-refractivity contribution in [2.45, 2.75) is 38.1 Å². The minimum Gasteiger partial charge on any atom is -0.326 e. The molecule has 2 aliphatic heterocycles. The van der Waals surface area contributed by atoms with Crippen LogP contribution in [-0.2, 0) is 20.8 Å². The Labute approximate surface area is 204 Å². The molecule has 0 spiro atoms. The predicted molar refractivity (Wildman–Crippen MR) is 131 cm³/mol. The van der Waals surface area contributed by atoms with Gasteiger partial charge in [-0.1, -0.05) is 48.5 Å². The molecule has 35 heavy (non-hydrogen) atoms. The summed E-state index contributed by atoms with van der Waals surface area (Å²) in [6.07, 6.45) is 2.55. The molecule has 9 nitrogen and oxygen atoms in total. The third-order valence-corrected chi connectivity index (χ3v) is 6.54. The second kappa shape index (κ2) is 10.7. The molecular formula is C26H31N5O4. The molecule has 3 N–H and O–H groups in total. The molecule has 2 aliphatic rings. The monoisotopic (exact) mass is 477 g/mol. The summed E-state index contributed by atoms with van der Waals surface area (Å²) in [7, 11) is 0. The van der Waals surface area contributed by atoms with E-state index >= 15 is 0 Å². The smallest absolute Gasteiger partial charge is 0.326 e. The van der Waals surface area contributed by atoms with Crippen LogP contribution in [0.25, 0.3) is 0 Å². The number of aryl methyl sites for hydroxylation is 1. The standard InChI is InChI=1S/C26H31N5O4/c1-26(15-14-19-9-4-2-5-10-19)24(34)31(25(35)28-26)29-22(32)18-30-16-8-11-20(17-30)23(33)27-21-12-6-3-7-13-21/h2-7,9-10,12-13,20H,8,11,14-18H2,1H3,(H,27,33)(H,28,35)(H,29,32). The highest BCUT2D eigenvalue weighted by Crippen LogP contribution is 2.23. The van der Waals surface area contributed by atoms with Crippen LogP contribution >= 0.6 is 0 Å². The number of piperidine rings is 1. The normalized spacial score (nSPS) is 22.5. The minimum atomic E-state index is -1.09. The number of carbonyl (C=O) groups is 4. The van der Waals surface area contributed by atoms with Gasteiger partial charge in [0.25, 0.3) is 11.8 Å². The van der Waals surface area contributed by atoms with Crippen molar-refractivity contribution in [3.8, 4) is 0 Å². The van der Waals surface area contributed by atoms with Crippen molar-refractivity contribution < 1.29 is 19.2 Å². The average Bonchev–Trinajstić information content (AvgIpc) is 3.07. The van der Waals surface area contributed by atoms with E-state index in [1.54, 1.807) is 6.92 Å². The summed E-state index contributed by atoms with van der Waals surface area (Å²) >= 11 is 0. The number of carbonyl (C=O) groups excluding carboxylic acids is 4. The quantitative estimate of drug-likeness (QED) is 0.506. The van der Waals surface area contributed by atoms with Gasteiger partial charge in [0.1, 0.15) is 5.54 Å². The van der Waals surface area contributed by atoms with E-state index in [2.05, 4.69) is 16.1 Å². The van der Waals surface area contributed by atoms with Gasteiger partial charge in [-0.2, -0.15) is 5.01 Å². The summed E-state index contributed by atoms with van der Waals surface area (Å²) < 4.78 is 0. The first-order valence-electron chi connectivity index (χ1n) is 11.9. The highest BCUT2D eigenvalue weighted by atomic mass is 16.2. The largest absolute Gasteiger partial charge is 0.344 e. The van der Waals surface area contributed by atoms with E-state index in [4.69, 9.17) is 0 Å². The number of nitrogens with one attached hydrogen (secondary N) is 3. The lowest BCUT2D eigenvalue weighted by molar-refractivity contribution is -0.139. The number of hydrogen-bond donors (Lipinski definition) is 3. The molecule has 9 heteroatoms. The summed E-state index contributed by atoms with van der Waals surface area (Å²) in [5, 5.41) is 6.40. The lowest BCUT2D eigenvalue weighted by atomic mass is 9.93. The zero-order valence-electron chi connectivity index (χ0n) is 19.8. The average molecular weight is 478 g/mol. The third kappa shape index (κ3) is 6.05. The molecular weight excluding hydrogens is 446 g/mol. The number of amides is 5. The Hall–Kier alpha value is -3.72. The van der Waals surface area contributed by atoms with Crippen molar-refractivity contribution >= 4 is 29.4 Å². The van der Waals surface area contributed by atoms with Crippen molar-refractivity contribution in [2.75, 3.05) is 25.0 Å². The van der Waals surface area contributed by atoms with Crippen LogP contribution in [0.3, 0.4) is 0 Å². The van der Waals surface area contributed by atoms with Crippen LogP contribution < -0.4 is 16.1 Å². The minimum absolute atomic E-state index is 0.00704. The molecule has 0 saturated carbocycles. The van der Waals surface area contributed by atoms with Crippen molar-refractivity contribution in [3.63, 3.8) is 0 Å². The number of anilines is 1. The third-order valence-electron chi connectivity index (χ3n) is 6.54. The van der Waals surface area contributed by atoms with Gasteiger partial charge in [-0.05, 0) is 56.8 Å². The summed E-state index contributed by atoms with van der Waals surface area (Å²) in [5.41, 5.74) is 3.16. The fourth-order valence-corrected chi connectivity index (χ4v) is 4.54. The molecule has 4 rings (SSSR count). The predicted octanol–water partition coefficient (Wildman–Crippen LogP) is 2.31. The Morgan fingerprint density at radius 1 is 1.06 bits per heavy atom. The Kier molecular flexibility index (Phi) is 7.45. The molecule has 0 radical (unpaired) electrons. The van der Waals surface area contributed by atoms with Gasteiger partial charge < -0.3 is 10.6 Å². The maximum Gasteiger partial charge on any atom is 0.344 e. The molecule has 0 bridgehead atoms. The van der Waals surface area contributed by atoms with E-state index < -0.39 is 23.4 Å². The van der Waals surface area contributed by atoms with E-state index in [-0.39, 0.29) is 18.4 Å². The maximum atomic E-state index is 13.0. The van der Waals surface area contributed by atoms with Crippen LogP contribution in [-0.4, -0.2) is 58.8 Å². The van der Waals surface area contributed by atoms with Gasteiger partial charge in [-0.15, -0.1) is 0 Å². The Balaban J connectivity index is 1.28. The van der Waals surface area contributed by atoms with Crippen LogP contribution in [0.1, 0.15) is 31.7 Å². The number of benzene rings is 2. The molecule has 2 saturated heterocycles. The molecule has 0 aromatic heterocycles. The van der Waals surface area contributed by atoms with Gasteiger partial charge in [0, 0.05) is 12.2 Å². The second-order valence-corrected chi connectivity index (χ2v) is 9.35. The van der Waals surface area contributed by atoms with E-state index in [0.29, 0.717) is 25.9 Å². The lowest BCUT2D eigenvalue weighted by Gasteiger charge is -2.31. The number of hydrazine groups is 1. The number of rotatable bonds is 8. The second-order valence-electron chi connectivity index (χ2n) is 9.35. The molecule has 2 fully saturated rings. The molecule has 2 heterocycles. The fraction of sp³-hybridized carbons (Fsp3) is 0.385. The first-order chi connectivity index (χ1) is 16.8. The molecule has 5 amide bonds. The number of urea groups is 1. The van der Waals surface area contributed by atoms with E-state index in [1.807, 2.05) is 65.6 Å². The summed E-state index contributed by atoms with van der Waals surface area (Å²) in [4.78, 5) is 52.7. The number of likely N-dealkylation sites (tertiary alicyclic amines) is 1. The van der Waals surface area contributed by atoms with Gasteiger partial charge in [-0.25, -0.2) is 4.79 Å². The van der Waals surface area contributed by atoms with Crippen LogP contribution in [0, 0.1) is 5.92 Å². The summed E-state index contributed by atoms with van der Waals surface area (Å²) in [6, 6.07) is 18.3. The Bertz CT molecular complexity index is 1080. The van der Waals surface area contributed by atoms with E-state index in [9.17, 15) is 19.2 Å². The maximum absolute atomic E-state index is 13.0. The molecule has 2 aromatic rings.